The van der Waals surface area contributed by atoms with Crippen LogP contribution in [0.5, 0.6) is 0 Å². The lowest BCUT2D eigenvalue weighted by Crippen LogP contribution is -2.44. The van der Waals surface area contributed by atoms with Crippen molar-refractivity contribution in [3.8, 4) is 0 Å². The summed E-state index contributed by atoms with van der Waals surface area (Å²) in [6.07, 6.45) is 3.20. The average Bonchev–Trinajstić information content (AvgIpc) is 3.28. The Bertz CT molecular complexity index is 865. The van der Waals surface area contributed by atoms with Crippen LogP contribution in [0.1, 0.15) is 38.3 Å². The van der Waals surface area contributed by atoms with Gasteiger partial charge in [-0.25, -0.2) is 9.37 Å². The summed E-state index contributed by atoms with van der Waals surface area (Å²) in [5.74, 6) is -0.701. The number of hydrogen-bond acceptors (Lipinski definition) is 5. The van der Waals surface area contributed by atoms with Crippen LogP contribution in [0, 0.1) is 5.82 Å². The van der Waals surface area contributed by atoms with Crippen LogP contribution in [-0.2, 0) is 16.1 Å². The first-order chi connectivity index (χ1) is 13.6. The van der Waals surface area contributed by atoms with E-state index in [9.17, 15) is 14.0 Å². The number of amides is 2. The first-order valence-corrected chi connectivity index (χ1v) is 10.5. The van der Waals surface area contributed by atoms with Crippen molar-refractivity contribution in [2.45, 2.75) is 51.2 Å². The average molecular weight is 402 g/mol. The molecule has 1 aliphatic heterocycles. The second-order valence-corrected chi connectivity index (χ2v) is 7.99. The van der Waals surface area contributed by atoms with E-state index in [0.717, 1.165) is 17.4 Å². The minimum absolute atomic E-state index is 0.120. The Balaban J connectivity index is 1.39. The van der Waals surface area contributed by atoms with E-state index in [-0.39, 0.29) is 17.6 Å². The molecule has 1 saturated carbocycles. The van der Waals surface area contributed by atoms with Crippen molar-refractivity contribution in [1.29, 1.82) is 0 Å². The summed E-state index contributed by atoms with van der Waals surface area (Å²) in [5, 5.41) is 5.88. The molecule has 28 heavy (non-hydrogen) atoms. The van der Waals surface area contributed by atoms with Crippen molar-refractivity contribution in [2.24, 2.45) is 0 Å². The number of carbonyl (C=O) groups excluding carboxylic acids is 2. The van der Waals surface area contributed by atoms with Gasteiger partial charge in [-0.15, -0.1) is 11.3 Å². The van der Waals surface area contributed by atoms with E-state index in [0.29, 0.717) is 31.1 Å². The fraction of sp³-hybridized carbons (Fsp3) is 0.450. The van der Waals surface area contributed by atoms with Crippen molar-refractivity contribution in [3.05, 3.63) is 41.2 Å². The Labute approximate surface area is 167 Å². The second kappa shape index (κ2) is 7.87. The number of rotatable bonds is 7. The third kappa shape index (κ3) is 3.87. The summed E-state index contributed by atoms with van der Waals surface area (Å²) >= 11 is 1.60. The molecule has 1 saturated heterocycles. The standard InChI is InChI=1S/C20H23FN4O2S/c1-2-24(15-7-8-15)20-23-14(12-28-20)11-22-19(27)17-9-10-18(26)25(17)16-5-3-13(21)4-6-16/h3-6,12,15,17H,2,7-11H2,1H3,(H,22,27)/t17-/m0/s1. The molecule has 2 amide bonds. The van der Waals surface area contributed by atoms with Crippen LogP contribution in [-0.4, -0.2) is 35.4 Å². The number of benzene rings is 1. The monoisotopic (exact) mass is 402 g/mol. The minimum Gasteiger partial charge on any atom is -0.349 e. The van der Waals surface area contributed by atoms with Crippen LogP contribution < -0.4 is 15.1 Å². The van der Waals surface area contributed by atoms with Crippen LogP contribution in [0.4, 0.5) is 15.2 Å². The van der Waals surface area contributed by atoms with Gasteiger partial charge in [-0.2, -0.15) is 0 Å². The SMILES string of the molecule is CCN(c1nc(CNC(=O)[C@@H]2CCC(=O)N2c2ccc(F)cc2)cs1)C1CC1. The Hall–Kier alpha value is -2.48. The Morgan fingerprint density at radius 1 is 1.32 bits per heavy atom. The fourth-order valence-corrected chi connectivity index (χ4v) is 4.56. The van der Waals surface area contributed by atoms with Crippen molar-refractivity contribution in [2.75, 3.05) is 16.3 Å². The quantitative estimate of drug-likeness (QED) is 0.773. The van der Waals surface area contributed by atoms with Gasteiger partial charge >= 0.3 is 0 Å². The van der Waals surface area contributed by atoms with E-state index in [1.807, 2.05) is 5.38 Å². The molecular weight excluding hydrogens is 379 g/mol. The molecule has 8 heteroatoms. The van der Waals surface area contributed by atoms with Crippen molar-refractivity contribution in [3.63, 3.8) is 0 Å². The zero-order valence-corrected chi connectivity index (χ0v) is 16.5. The predicted molar refractivity (Wildman–Crippen MR) is 107 cm³/mol. The molecule has 2 aliphatic rings. The maximum absolute atomic E-state index is 13.2. The molecule has 1 aromatic carbocycles. The normalized spacial score (nSPS) is 19.1. The number of anilines is 2. The molecule has 1 aliphatic carbocycles. The van der Waals surface area contributed by atoms with Crippen LogP contribution in [0.25, 0.3) is 0 Å². The van der Waals surface area contributed by atoms with Gasteiger partial charge in [0.2, 0.25) is 11.8 Å². The largest absolute Gasteiger partial charge is 0.349 e. The van der Waals surface area contributed by atoms with Gasteiger partial charge in [-0.1, -0.05) is 0 Å². The molecule has 0 bridgehead atoms. The van der Waals surface area contributed by atoms with Gasteiger partial charge in [0.25, 0.3) is 0 Å². The number of thiazole rings is 1. The Morgan fingerprint density at radius 2 is 2.07 bits per heavy atom. The van der Waals surface area contributed by atoms with Crippen LogP contribution in [0.15, 0.2) is 29.6 Å². The lowest BCUT2D eigenvalue weighted by molar-refractivity contribution is -0.124. The molecule has 4 rings (SSSR count). The summed E-state index contributed by atoms with van der Waals surface area (Å²) in [7, 11) is 0. The van der Waals surface area contributed by atoms with Gasteiger partial charge < -0.3 is 10.2 Å². The summed E-state index contributed by atoms with van der Waals surface area (Å²) in [4.78, 5) is 33.4. The molecule has 1 aromatic heterocycles. The zero-order valence-electron chi connectivity index (χ0n) is 15.7. The lowest BCUT2D eigenvalue weighted by Gasteiger charge is -2.24. The maximum atomic E-state index is 13.2. The topological polar surface area (TPSA) is 65.5 Å². The Morgan fingerprint density at radius 3 is 2.75 bits per heavy atom. The third-order valence-electron chi connectivity index (χ3n) is 5.18. The second-order valence-electron chi connectivity index (χ2n) is 7.15. The van der Waals surface area contributed by atoms with Crippen molar-refractivity contribution < 1.29 is 14.0 Å². The molecule has 2 fully saturated rings. The molecule has 0 spiro atoms. The van der Waals surface area contributed by atoms with E-state index < -0.39 is 6.04 Å². The summed E-state index contributed by atoms with van der Waals surface area (Å²) in [6.45, 7) is 3.39. The van der Waals surface area contributed by atoms with Crippen molar-refractivity contribution in [1.82, 2.24) is 10.3 Å². The Kier molecular flexibility index (Phi) is 5.30. The first-order valence-electron chi connectivity index (χ1n) is 9.63. The highest BCUT2D eigenvalue weighted by Crippen LogP contribution is 2.33. The van der Waals surface area contributed by atoms with Gasteiger partial charge in [-0.3, -0.25) is 14.5 Å². The van der Waals surface area contributed by atoms with Crippen molar-refractivity contribution >= 4 is 34.0 Å². The highest BCUT2D eigenvalue weighted by molar-refractivity contribution is 7.13. The number of halogens is 1. The number of hydrogen-bond donors (Lipinski definition) is 1. The fourth-order valence-electron chi connectivity index (χ4n) is 3.60. The molecule has 6 nitrogen and oxygen atoms in total. The lowest BCUT2D eigenvalue weighted by atomic mass is 10.2. The van der Waals surface area contributed by atoms with Crippen LogP contribution in [0.3, 0.4) is 0 Å². The van der Waals surface area contributed by atoms with Gasteiger partial charge in [0, 0.05) is 30.1 Å². The van der Waals surface area contributed by atoms with E-state index in [1.54, 1.807) is 11.3 Å². The van der Waals surface area contributed by atoms with E-state index >= 15 is 0 Å². The minimum atomic E-state index is -0.574. The number of carbonyl (C=O) groups is 2. The van der Waals surface area contributed by atoms with Gasteiger partial charge in [-0.05, 0) is 50.5 Å². The molecule has 1 atom stereocenters. The first kappa shape index (κ1) is 18.9. The third-order valence-corrected chi connectivity index (χ3v) is 6.10. The van der Waals surface area contributed by atoms with Gasteiger partial charge in [0.15, 0.2) is 5.13 Å². The number of nitrogens with one attached hydrogen (secondary N) is 1. The van der Waals surface area contributed by atoms with Gasteiger partial charge in [0.05, 0.1) is 12.2 Å². The molecule has 1 N–H and O–H groups in total. The number of nitrogens with zero attached hydrogens (tertiary/aromatic N) is 3. The smallest absolute Gasteiger partial charge is 0.243 e. The highest BCUT2D eigenvalue weighted by atomic mass is 32.1. The summed E-state index contributed by atoms with van der Waals surface area (Å²) in [5.41, 5.74) is 1.37. The van der Waals surface area contributed by atoms with E-state index in [1.165, 1.54) is 42.0 Å². The predicted octanol–water partition coefficient (Wildman–Crippen LogP) is 3.08. The molecule has 2 aromatic rings. The zero-order chi connectivity index (χ0) is 19.7. The molecule has 2 heterocycles. The molecule has 0 radical (unpaired) electrons. The van der Waals surface area contributed by atoms with Gasteiger partial charge in [0.1, 0.15) is 11.9 Å². The molecule has 148 valence electrons. The highest BCUT2D eigenvalue weighted by Gasteiger charge is 2.37. The summed E-state index contributed by atoms with van der Waals surface area (Å²) in [6, 6.07) is 5.69. The van der Waals surface area contributed by atoms with E-state index in [2.05, 4.69) is 22.1 Å². The number of aromatic nitrogens is 1. The maximum Gasteiger partial charge on any atom is 0.243 e. The van der Waals surface area contributed by atoms with E-state index in [4.69, 9.17) is 0 Å². The summed E-state index contributed by atoms with van der Waals surface area (Å²) < 4.78 is 13.2. The van der Waals surface area contributed by atoms with Crippen LogP contribution >= 0.6 is 11.3 Å². The molecule has 0 unspecified atom stereocenters. The van der Waals surface area contributed by atoms with Crippen LogP contribution in [0.2, 0.25) is 0 Å². The molecular formula is C20H23FN4O2S.